The van der Waals surface area contributed by atoms with Crippen LogP contribution in [0, 0.1) is 5.41 Å². The number of amidine groups is 1. The molecule has 2 heterocycles. The summed E-state index contributed by atoms with van der Waals surface area (Å²) in [4.78, 5) is 57.3. The Hall–Kier alpha value is -4.65. The number of hydrogen-bond acceptors (Lipinski definition) is 8. The summed E-state index contributed by atoms with van der Waals surface area (Å²) in [6, 6.07) is 17.0. The second-order valence-corrected chi connectivity index (χ2v) is 10.4. The molecule has 2 aliphatic rings. The van der Waals surface area contributed by atoms with Crippen LogP contribution in [0.5, 0.6) is 0 Å². The third-order valence-electron chi connectivity index (χ3n) is 7.41. The molecule has 43 heavy (non-hydrogen) atoms. The lowest BCUT2D eigenvalue weighted by Gasteiger charge is -2.37. The van der Waals surface area contributed by atoms with Crippen molar-refractivity contribution in [3.63, 3.8) is 0 Å². The normalized spacial score (nSPS) is 16.2. The molecule has 2 aromatic rings. The number of nitrogens with two attached hydrogens (primary N) is 1. The number of urea groups is 1. The molecule has 4 amide bonds. The number of piperazine rings is 2. The molecule has 2 aliphatic heterocycles. The van der Waals surface area contributed by atoms with Gasteiger partial charge in [-0.1, -0.05) is 60.7 Å². The van der Waals surface area contributed by atoms with Gasteiger partial charge in [-0.05, 0) is 11.1 Å². The lowest BCUT2D eigenvalue weighted by atomic mass is 10.2. The van der Waals surface area contributed by atoms with Crippen molar-refractivity contribution < 1.29 is 28.7 Å². The maximum Gasteiger partial charge on any atom is 0.410 e. The van der Waals surface area contributed by atoms with Gasteiger partial charge in [-0.2, -0.15) is 0 Å². The van der Waals surface area contributed by atoms with E-state index in [0.717, 1.165) is 11.1 Å². The third-order valence-corrected chi connectivity index (χ3v) is 7.41. The Labute approximate surface area is 251 Å². The molecule has 4 N–H and O–H groups in total. The van der Waals surface area contributed by atoms with Crippen LogP contribution in [0.15, 0.2) is 60.7 Å². The van der Waals surface area contributed by atoms with Gasteiger partial charge in [0.2, 0.25) is 0 Å². The number of carbonyl (C=O) groups excluding carboxylic acids is 4. The van der Waals surface area contributed by atoms with Crippen LogP contribution in [0.4, 0.5) is 9.59 Å². The minimum absolute atomic E-state index is 0.165. The Balaban J connectivity index is 1.16. The standard InChI is InChI=1S/C30H39N7O6/c31-27(32)26(33-29(40)36-17-19-37(20-18-36)30(41)43-22-24-9-5-2-6-10-24)28(39)35-15-13-34(14-16-35)12-11-25(38)42-21-23-7-3-1-4-8-23/h1-10,26H,11-22H2,(H3,31,32)(H,33,40). The van der Waals surface area contributed by atoms with Crippen molar-refractivity contribution in [1.29, 1.82) is 5.41 Å². The van der Waals surface area contributed by atoms with E-state index < -0.39 is 29.9 Å². The maximum absolute atomic E-state index is 13.2. The van der Waals surface area contributed by atoms with E-state index in [0.29, 0.717) is 32.7 Å². The molecular weight excluding hydrogens is 554 g/mol. The first-order valence-corrected chi connectivity index (χ1v) is 14.4. The summed E-state index contributed by atoms with van der Waals surface area (Å²) in [6.45, 7) is 3.79. The van der Waals surface area contributed by atoms with E-state index in [-0.39, 0.29) is 51.8 Å². The molecule has 0 aliphatic carbocycles. The molecule has 0 bridgehead atoms. The molecular formula is C30H39N7O6. The zero-order valence-corrected chi connectivity index (χ0v) is 24.2. The van der Waals surface area contributed by atoms with Gasteiger partial charge in [0.25, 0.3) is 5.91 Å². The van der Waals surface area contributed by atoms with Crippen molar-refractivity contribution in [2.75, 3.05) is 58.9 Å². The number of benzene rings is 2. The van der Waals surface area contributed by atoms with Crippen molar-refractivity contribution in [3.8, 4) is 0 Å². The minimum atomic E-state index is -1.29. The molecule has 2 aromatic carbocycles. The Kier molecular flexibility index (Phi) is 11.3. The van der Waals surface area contributed by atoms with E-state index in [1.807, 2.05) is 60.7 Å². The fraction of sp³-hybridized carbons (Fsp3) is 0.433. The first-order valence-electron chi connectivity index (χ1n) is 14.4. The number of amides is 4. The number of rotatable bonds is 10. The van der Waals surface area contributed by atoms with Crippen LogP contribution in [0.1, 0.15) is 17.5 Å². The summed E-state index contributed by atoms with van der Waals surface area (Å²) in [7, 11) is 0. The van der Waals surface area contributed by atoms with E-state index in [1.54, 1.807) is 4.90 Å². The Morgan fingerprint density at radius 1 is 0.744 bits per heavy atom. The smallest absolute Gasteiger partial charge is 0.410 e. The van der Waals surface area contributed by atoms with Gasteiger partial charge in [-0.3, -0.25) is 19.9 Å². The highest BCUT2D eigenvalue weighted by atomic mass is 16.6. The van der Waals surface area contributed by atoms with E-state index in [2.05, 4.69) is 10.2 Å². The molecule has 2 saturated heterocycles. The molecule has 0 spiro atoms. The van der Waals surface area contributed by atoms with E-state index in [1.165, 1.54) is 9.80 Å². The zero-order chi connectivity index (χ0) is 30.6. The Bertz CT molecular complexity index is 1250. The van der Waals surface area contributed by atoms with Gasteiger partial charge < -0.3 is 35.2 Å². The number of nitrogens with zero attached hydrogens (tertiary/aromatic N) is 4. The van der Waals surface area contributed by atoms with Gasteiger partial charge in [0.15, 0.2) is 6.04 Å². The highest BCUT2D eigenvalue weighted by molar-refractivity contribution is 6.07. The van der Waals surface area contributed by atoms with Gasteiger partial charge in [-0.15, -0.1) is 0 Å². The summed E-state index contributed by atoms with van der Waals surface area (Å²) in [5.74, 6) is -1.19. The predicted molar refractivity (Wildman–Crippen MR) is 158 cm³/mol. The molecule has 0 saturated carbocycles. The third kappa shape index (κ3) is 9.43. The molecule has 4 rings (SSSR count). The van der Waals surface area contributed by atoms with Crippen LogP contribution in [-0.2, 0) is 32.3 Å². The molecule has 2 fully saturated rings. The highest BCUT2D eigenvalue weighted by Crippen LogP contribution is 2.10. The zero-order valence-electron chi connectivity index (χ0n) is 24.2. The highest BCUT2D eigenvalue weighted by Gasteiger charge is 2.33. The number of ether oxygens (including phenoxy) is 2. The average Bonchev–Trinajstić information content (AvgIpc) is 3.05. The average molecular weight is 594 g/mol. The Morgan fingerprint density at radius 3 is 1.81 bits per heavy atom. The van der Waals surface area contributed by atoms with Gasteiger partial charge in [-0.25, -0.2) is 9.59 Å². The number of esters is 1. The fourth-order valence-electron chi connectivity index (χ4n) is 4.82. The SMILES string of the molecule is N=C(N)C(NC(=O)N1CCN(C(=O)OCc2ccccc2)CC1)C(=O)N1CCN(CCC(=O)OCc2ccccc2)CC1. The van der Waals surface area contributed by atoms with E-state index in [4.69, 9.17) is 20.6 Å². The molecule has 13 nitrogen and oxygen atoms in total. The second kappa shape index (κ2) is 15.5. The summed E-state index contributed by atoms with van der Waals surface area (Å²) >= 11 is 0. The van der Waals surface area contributed by atoms with E-state index in [9.17, 15) is 19.2 Å². The molecule has 1 atom stereocenters. The minimum Gasteiger partial charge on any atom is -0.461 e. The lowest BCUT2D eigenvalue weighted by Crippen LogP contribution is -2.61. The van der Waals surface area contributed by atoms with Crippen molar-refractivity contribution in [2.45, 2.75) is 25.7 Å². The lowest BCUT2D eigenvalue weighted by molar-refractivity contribution is -0.145. The summed E-state index contributed by atoms with van der Waals surface area (Å²) in [6.07, 6.45) is -0.214. The first kappa shape index (κ1) is 31.3. The van der Waals surface area contributed by atoms with Gasteiger partial charge in [0, 0.05) is 58.9 Å². The van der Waals surface area contributed by atoms with E-state index >= 15 is 0 Å². The van der Waals surface area contributed by atoms with Crippen molar-refractivity contribution in [2.24, 2.45) is 5.73 Å². The number of nitrogens with one attached hydrogen (secondary N) is 2. The molecule has 0 radical (unpaired) electrons. The molecule has 13 heteroatoms. The van der Waals surface area contributed by atoms with Crippen LogP contribution in [0.2, 0.25) is 0 Å². The number of hydrogen-bond donors (Lipinski definition) is 3. The topological polar surface area (TPSA) is 162 Å². The van der Waals surface area contributed by atoms with Gasteiger partial charge in [0.05, 0.1) is 6.42 Å². The van der Waals surface area contributed by atoms with Crippen molar-refractivity contribution in [1.82, 2.24) is 24.9 Å². The van der Waals surface area contributed by atoms with Gasteiger partial charge >= 0.3 is 18.1 Å². The van der Waals surface area contributed by atoms with Crippen LogP contribution in [-0.4, -0.2) is 114 Å². The largest absolute Gasteiger partial charge is 0.461 e. The second-order valence-electron chi connectivity index (χ2n) is 10.4. The molecule has 1 unspecified atom stereocenters. The Morgan fingerprint density at radius 2 is 1.26 bits per heavy atom. The van der Waals surface area contributed by atoms with Crippen LogP contribution >= 0.6 is 0 Å². The molecule has 230 valence electrons. The van der Waals surface area contributed by atoms with Crippen molar-refractivity contribution in [3.05, 3.63) is 71.8 Å². The maximum atomic E-state index is 13.2. The van der Waals surface area contributed by atoms with Crippen LogP contribution < -0.4 is 11.1 Å². The van der Waals surface area contributed by atoms with Crippen LogP contribution in [0.3, 0.4) is 0 Å². The van der Waals surface area contributed by atoms with Crippen molar-refractivity contribution >= 4 is 29.8 Å². The first-order chi connectivity index (χ1) is 20.8. The number of carbonyl (C=O) groups is 4. The van der Waals surface area contributed by atoms with Crippen LogP contribution in [0.25, 0.3) is 0 Å². The quantitative estimate of drug-likeness (QED) is 0.211. The predicted octanol–water partition coefficient (Wildman–Crippen LogP) is 1.23. The van der Waals surface area contributed by atoms with Gasteiger partial charge in [0.1, 0.15) is 19.0 Å². The summed E-state index contributed by atoms with van der Waals surface area (Å²) in [5.41, 5.74) is 7.53. The summed E-state index contributed by atoms with van der Waals surface area (Å²) < 4.78 is 10.7. The molecule has 0 aromatic heterocycles. The fourth-order valence-corrected chi connectivity index (χ4v) is 4.82. The summed E-state index contributed by atoms with van der Waals surface area (Å²) in [5, 5.41) is 10.5. The monoisotopic (exact) mass is 593 g/mol.